The zero-order valence-corrected chi connectivity index (χ0v) is 14.7. The minimum absolute atomic E-state index is 0.127. The molecule has 0 saturated carbocycles. The molecule has 0 unspecified atom stereocenters. The Bertz CT molecular complexity index is 878. The standard InChI is InChI=1S/C19H15Cl2NO3/c20-14-7-8-16(17(21)10-14)19(24)22(12-15-5-3-9-25-15)11-13-4-1-2-6-18(13)23/h1-10,23H,11-12H2. The second-order valence-electron chi connectivity index (χ2n) is 5.49. The average Bonchev–Trinajstić information content (AvgIpc) is 3.09. The molecule has 0 aliphatic rings. The quantitative estimate of drug-likeness (QED) is 0.671. The highest BCUT2D eigenvalue weighted by molar-refractivity contribution is 6.36. The van der Waals surface area contributed by atoms with Gasteiger partial charge in [-0.25, -0.2) is 0 Å². The number of rotatable bonds is 5. The van der Waals surface area contributed by atoms with Crippen LogP contribution in [-0.2, 0) is 13.1 Å². The molecule has 128 valence electrons. The van der Waals surface area contributed by atoms with Crippen molar-refractivity contribution < 1.29 is 14.3 Å². The van der Waals surface area contributed by atoms with Crippen molar-refractivity contribution in [2.24, 2.45) is 0 Å². The number of halogens is 2. The van der Waals surface area contributed by atoms with Gasteiger partial charge in [0.05, 0.1) is 29.9 Å². The first kappa shape index (κ1) is 17.4. The van der Waals surface area contributed by atoms with Crippen LogP contribution in [0, 0.1) is 0 Å². The lowest BCUT2D eigenvalue weighted by atomic mass is 10.1. The number of hydrogen-bond acceptors (Lipinski definition) is 3. The van der Waals surface area contributed by atoms with Gasteiger partial charge in [-0.1, -0.05) is 41.4 Å². The van der Waals surface area contributed by atoms with E-state index in [4.69, 9.17) is 27.6 Å². The van der Waals surface area contributed by atoms with Gasteiger partial charge in [-0.15, -0.1) is 0 Å². The molecule has 1 aromatic heterocycles. The molecule has 0 radical (unpaired) electrons. The summed E-state index contributed by atoms with van der Waals surface area (Å²) in [7, 11) is 0. The normalized spacial score (nSPS) is 10.6. The second-order valence-corrected chi connectivity index (χ2v) is 6.34. The minimum atomic E-state index is -0.277. The molecular weight excluding hydrogens is 361 g/mol. The van der Waals surface area contributed by atoms with E-state index < -0.39 is 0 Å². The van der Waals surface area contributed by atoms with Gasteiger partial charge in [0.2, 0.25) is 0 Å². The predicted octanol–water partition coefficient (Wildman–Crippen LogP) is 5.13. The molecule has 0 aliphatic heterocycles. The van der Waals surface area contributed by atoms with Crippen LogP contribution in [-0.4, -0.2) is 15.9 Å². The summed E-state index contributed by atoms with van der Waals surface area (Å²) in [6.07, 6.45) is 1.55. The molecule has 0 saturated heterocycles. The van der Waals surface area contributed by atoms with Crippen molar-refractivity contribution in [2.45, 2.75) is 13.1 Å². The van der Waals surface area contributed by atoms with Crippen molar-refractivity contribution in [1.82, 2.24) is 4.90 Å². The molecule has 1 amide bonds. The number of hydrogen-bond donors (Lipinski definition) is 1. The van der Waals surface area contributed by atoms with Gasteiger partial charge in [0.1, 0.15) is 11.5 Å². The van der Waals surface area contributed by atoms with Crippen LogP contribution in [0.4, 0.5) is 0 Å². The zero-order chi connectivity index (χ0) is 17.8. The van der Waals surface area contributed by atoms with Crippen LogP contribution in [0.15, 0.2) is 65.3 Å². The van der Waals surface area contributed by atoms with E-state index in [0.29, 0.717) is 21.9 Å². The van der Waals surface area contributed by atoms with E-state index in [1.54, 1.807) is 59.7 Å². The molecule has 4 nitrogen and oxygen atoms in total. The molecule has 0 fully saturated rings. The fourth-order valence-corrected chi connectivity index (χ4v) is 2.96. The van der Waals surface area contributed by atoms with Gasteiger partial charge in [-0.3, -0.25) is 4.79 Å². The maximum absolute atomic E-state index is 13.0. The lowest BCUT2D eigenvalue weighted by Gasteiger charge is -2.23. The molecule has 0 bridgehead atoms. The topological polar surface area (TPSA) is 53.7 Å². The lowest BCUT2D eigenvalue weighted by molar-refractivity contribution is 0.0717. The minimum Gasteiger partial charge on any atom is -0.508 e. The molecule has 0 spiro atoms. The van der Waals surface area contributed by atoms with Gasteiger partial charge in [-0.05, 0) is 36.4 Å². The maximum Gasteiger partial charge on any atom is 0.256 e. The highest BCUT2D eigenvalue weighted by Gasteiger charge is 2.21. The first-order valence-electron chi connectivity index (χ1n) is 7.58. The molecule has 25 heavy (non-hydrogen) atoms. The number of benzene rings is 2. The smallest absolute Gasteiger partial charge is 0.256 e. The van der Waals surface area contributed by atoms with E-state index in [1.165, 1.54) is 6.07 Å². The van der Waals surface area contributed by atoms with Gasteiger partial charge >= 0.3 is 0 Å². The number of phenolic OH excluding ortho intramolecular Hbond substituents is 1. The van der Waals surface area contributed by atoms with Crippen molar-refractivity contribution in [1.29, 1.82) is 0 Å². The van der Waals surface area contributed by atoms with Gasteiger partial charge < -0.3 is 14.4 Å². The Hall–Kier alpha value is -2.43. The summed E-state index contributed by atoms with van der Waals surface area (Å²) in [4.78, 5) is 14.6. The summed E-state index contributed by atoms with van der Waals surface area (Å²) in [5, 5.41) is 10.8. The molecule has 0 atom stereocenters. The summed E-state index contributed by atoms with van der Waals surface area (Å²) < 4.78 is 5.36. The number of furan rings is 1. The van der Waals surface area contributed by atoms with E-state index >= 15 is 0 Å². The third-order valence-corrected chi connectivity index (χ3v) is 4.28. The molecule has 0 aliphatic carbocycles. The van der Waals surface area contributed by atoms with Crippen molar-refractivity contribution in [3.63, 3.8) is 0 Å². The Morgan fingerprint density at radius 2 is 1.84 bits per heavy atom. The highest BCUT2D eigenvalue weighted by Crippen LogP contribution is 2.25. The number of phenols is 1. The molecule has 1 heterocycles. The summed E-state index contributed by atoms with van der Waals surface area (Å²) in [5.74, 6) is 0.483. The van der Waals surface area contributed by atoms with Crippen molar-refractivity contribution in [2.75, 3.05) is 0 Å². The van der Waals surface area contributed by atoms with Gasteiger partial charge in [-0.2, -0.15) is 0 Å². The lowest BCUT2D eigenvalue weighted by Crippen LogP contribution is -2.30. The van der Waals surface area contributed by atoms with Crippen molar-refractivity contribution in [3.05, 3.63) is 87.8 Å². The Morgan fingerprint density at radius 1 is 1.04 bits per heavy atom. The van der Waals surface area contributed by atoms with Crippen LogP contribution in [0.2, 0.25) is 10.0 Å². The number of para-hydroxylation sites is 1. The zero-order valence-electron chi connectivity index (χ0n) is 13.2. The van der Waals surface area contributed by atoms with Crippen LogP contribution in [0.1, 0.15) is 21.7 Å². The molecule has 6 heteroatoms. The third kappa shape index (κ3) is 4.16. The van der Waals surface area contributed by atoms with Crippen LogP contribution in [0.25, 0.3) is 0 Å². The molecule has 3 rings (SSSR count). The third-order valence-electron chi connectivity index (χ3n) is 3.73. The van der Waals surface area contributed by atoms with Gasteiger partial charge in [0.25, 0.3) is 5.91 Å². The summed E-state index contributed by atoms with van der Waals surface area (Å²) in [6.45, 7) is 0.463. The number of amides is 1. The van der Waals surface area contributed by atoms with E-state index in [-0.39, 0.29) is 29.8 Å². The first-order valence-corrected chi connectivity index (χ1v) is 8.34. The Balaban J connectivity index is 1.92. The number of nitrogens with zero attached hydrogens (tertiary/aromatic N) is 1. The second kappa shape index (κ2) is 7.64. The summed E-state index contributed by atoms with van der Waals surface area (Å²) in [6, 6.07) is 15.2. The van der Waals surface area contributed by atoms with E-state index in [9.17, 15) is 9.90 Å². The first-order chi connectivity index (χ1) is 12.0. The highest BCUT2D eigenvalue weighted by atomic mass is 35.5. The van der Waals surface area contributed by atoms with Crippen LogP contribution < -0.4 is 0 Å². The molecular formula is C19H15Cl2NO3. The molecule has 2 aromatic carbocycles. The number of carbonyl (C=O) groups is 1. The van der Waals surface area contributed by atoms with Crippen molar-refractivity contribution in [3.8, 4) is 5.75 Å². The average molecular weight is 376 g/mol. The van der Waals surface area contributed by atoms with Crippen molar-refractivity contribution >= 4 is 29.1 Å². The van der Waals surface area contributed by atoms with Gasteiger partial charge in [0.15, 0.2) is 0 Å². The maximum atomic E-state index is 13.0. The number of aromatic hydroxyl groups is 1. The predicted molar refractivity (Wildman–Crippen MR) is 96.9 cm³/mol. The summed E-state index contributed by atoms with van der Waals surface area (Å²) >= 11 is 12.1. The number of carbonyl (C=O) groups excluding carboxylic acids is 1. The SMILES string of the molecule is O=C(c1ccc(Cl)cc1Cl)N(Cc1ccco1)Cc1ccccc1O. The fraction of sp³-hybridized carbons (Fsp3) is 0.105. The molecule has 3 aromatic rings. The van der Waals surface area contributed by atoms with Crippen LogP contribution in [0.3, 0.4) is 0 Å². The Kier molecular flexibility index (Phi) is 5.31. The van der Waals surface area contributed by atoms with Crippen LogP contribution >= 0.6 is 23.2 Å². The van der Waals surface area contributed by atoms with E-state index in [2.05, 4.69) is 0 Å². The Labute approximate surface area is 155 Å². The molecule has 1 N–H and O–H groups in total. The van der Waals surface area contributed by atoms with Gasteiger partial charge in [0, 0.05) is 10.6 Å². The summed E-state index contributed by atoms with van der Waals surface area (Å²) in [5.41, 5.74) is 0.973. The monoisotopic (exact) mass is 375 g/mol. The van der Waals surface area contributed by atoms with Crippen LogP contribution in [0.5, 0.6) is 5.75 Å². The fourth-order valence-electron chi connectivity index (χ4n) is 2.47. The largest absolute Gasteiger partial charge is 0.508 e. The van der Waals surface area contributed by atoms with E-state index in [1.807, 2.05) is 0 Å². The van der Waals surface area contributed by atoms with E-state index in [0.717, 1.165) is 0 Å². The Morgan fingerprint density at radius 3 is 2.52 bits per heavy atom.